The van der Waals surface area contributed by atoms with Gasteiger partial charge < -0.3 is 19.9 Å². The van der Waals surface area contributed by atoms with Crippen LogP contribution in [0, 0.1) is 5.92 Å². The van der Waals surface area contributed by atoms with E-state index < -0.39 is 6.10 Å². The smallest absolute Gasteiger partial charge is 0.139 e. The first kappa shape index (κ1) is 14.4. The molecule has 0 spiro atoms. The molecule has 4 nitrogen and oxygen atoms in total. The third kappa shape index (κ3) is 4.90. The lowest BCUT2D eigenvalue weighted by Crippen LogP contribution is -2.25. The van der Waals surface area contributed by atoms with Gasteiger partial charge in [0, 0.05) is 24.9 Å². The van der Waals surface area contributed by atoms with E-state index in [1.54, 1.807) is 19.2 Å². The fourth-order valence-corrected chi connectivity index (χ4v) is 1.91. The number of rotatable bonds is 8. The SMILES string of the molecule is COc1cc(NCC(O)COCC2CC2)ccc1Cl. The van der Waals surface area contributed by atoms with E-state index in [0.29, 0.717) is 23.9 Å². The molecule has 106 valence electrons. The molecule has 0 aromatic heterocycles. The van der Waals surface area contributed by atoms with Crippen molar-refractivity contribution in [2.24, 2.45) is 5.92 Å². The standard InChI is InChI=1S/C14H20ClNO3/c1-18-14-6-11(4-5-13(14)15)16-7-12(17)9-19-8-10-2-3-10/h4-6,10,12,16-17H,2-3,7-9H2,1H3. The Balaban J connectivity index is 1.70. The molecule has 0 saturated heterocycles. The molecule has 5 heteroatoms. The number of methoxy groups -OCH3 is 1. The average Bonchev–Trinajstić information content (AvgIpc) is 3.22. The topological polar surface area (TPSA) is 50.7 Å². The van der Waals surface area contributed by atoms with Gasteiger partial charge in [0.05, 0.1) is 24.8 Å². The van der Waals surface area contributed by atoms with Crippen LogP contribution in [0.4, 0.5) is 5.69 Å². The molecule has 0 bridgehead atoms. The summed E-state index contributed by atoms with van der Waals surface area (Å²) in [6.07, 6.45) is 2.01. The van der Waals surface area contributed by atoms with Gasteiger partial charge in [-0.1, -0.05) is 11.6 Å². The van der Waals surface area contributed by atoms with E-state index in [0.717, 1.165) is 18.2 Å². The first-order valence-corrected chi connectivity index (χ1v) is 6.90. The number of benzene rings is 1. The van der Waals surface area contributed by atoms with Gasteiger partial charge in [-0.25, -0.2) is 0 Å². The van der Waals surface area contributed by atoms with Crippen molar-refractivity contribution in [3.63, 3.8) is 0 Å². The van der Waals surface area contributed by atoms with E-state index in [-0.39, 0.29) is 0 Å². The first-order chi connectivity index (χ1) is 9.19. The summed E-state index contributed by atoms with van der Waals surface area (Å²) in [6, 6.07) is 5.42. The summed E-state index contributed by atoms with van der Waals surface area (Å²) in [4.78, 5) is 0. The van der Waals surface area contributed by atoms with Crippen LogP contribution >= 0.6 is 11.6 Å². The number of aliphatic hydroxyl groups is 1. The summed E-state index contributed by atoms with van der Waals surface area (Å²) in [6.45, 7) is 1.58. The predicted octanol–water partition coefficient (Wildman–Crippen LogP) is 2.55. The van der Waals surface area contributed by atoms with Gasteiger partial charge in [0.15, 0.2) is 0 Å². The number of hydrogen-bond acceptors (Lipinski definition) is 4. The van der Waals surface area contributed by atoms with Crippen LogP contribution in [0.15, 0.2) is 18.2 Å². The fourth-order valence-electron chi connectivity index (χ4n) is 1.72. The van der Waals surface area contributed by atoms with E-state index in [9.17, 15) is 5.11 Å². The fraction of sp³-hybridized carbons (Fsp3) is 0.571. The third-order valence-electron chi connectivity index (χ3n) is 3.05. The van der Waals surface area contributed by atoms with Gasteiger partial charge in [-0.2, -0.15) is 0 Å². The van der Waals surface area contributed by atoms with Crippen LogP contribution in [-0.4, -0.2) is 38.1 Å². The molecule has 2 rings (SSSR count). The Labute approximate surface area is 118 Å². The van der Waals surface area contributed by atoms with E-state index in [4.69, 9.17) is 21.1 Å². The van der Waals surface area contributed by atoms with Crippen molar-refractivity contribution >= 4 is 17.3 Å². The van der Waals surface area contributed by atoms with Crippen molar-refractivity contribution < 1.29 is 14.6 Å². The molecule has 2 N–H and O–H groups in total. The minimum absolute atomic E-state index is 0.369. The molecule has 1 atom stereocenters. The molecule has 1 aromatic rings. The van der Waals surface area contributed by atoms with Crippen LogP contribution in [0.25, 0.3) is 0 Å². The molecular weight excluding hydrogens is 266 g/mol. The number of aliphatic hydroxyl groups excluding tert-OH is 1. The Kier molecular flexibility index (Phi) is 5.31. The normalized spacial score (nSPS) is 16.2. The molecule has 0 radical (unpaired) electrons. The number of ether oxygens (including phenoxy) is 2. The maximum Gasteiger partial charge on any atom is 0.139 e. The van der Waals surface area contributed by atoms with E-state index >= 15 is 0 Å². The summed E-state index contributed by atoms with van der Waals surface area (Å²) >= 11 is 5.94. The number of halogens is 1. The van der Waals surface area contributed by atoms with Gasteiger partial charge in [-0.15, -0.1) is 0 Å². The Morgan fingerprint density at radius 2 is 2.26 bits per heavy atom. The minimum atomic E-state index is -0.513. The lowest BCUT2D eigenvalue weighted by atomic mass is 10.3. The van der Waals surface area contributed by atoms with E-state index in [1.807, 2.05) is 6.07 Å². The predicted molar refractivity (Wildman–Crippen MR) is 76.0 cm³/mol. The lowest BCUT2D eigenvalue weighted by molar-refractivity contribution is 0.0386. The van der Waals surface area contributed by atoms with Gasteiger partial charge in [0.25, 0.3) is 0 Å². The van der Waals surface area contributed by atoms with Gasteiger partial charge in [0.2, 0.25) is 0 Å². The molecule has 1 aromatic carbocycles. The summed E-state index contributed by atoms with van der Waals surface area (Å²) < 4.78 is 10.6. The summed E-state index contributed by atoms with van der Waals surface area (Å²) in [5.41, 5.74) is 0.863. The lowest BCUT2D eigenvalue weighted by Gasteiger charge is -2.14. The van der Waals surface area contributed by atoms with Crippen LogP contribution in [-0.2, 0) is 4.74 Å². The Morgan fingerprint density at radius 1 is 1.47 bits per heavy atom. The molecule has 0 heterocycles. The average molecular weight is 286 g/mol. The molecular formula is C14H20ClNO3. The highest BCUT2D eigenvalue weighted by Crippen LogP contribution is 2.29. The van der Waals surface area contributed by atoms with Crippen LogP contribution in [0.1, 0.15) is 12.8 Å². The molecule has 1 aliphatic carbocycles. The van der Waals surface area contributed by atoms with Gasteiger partial charge >= 0.3 is 0 Å². The molecule has 1 saturated carbocycles. The zero-order chi connectivity index (χ0) is 13.7. The largest absolute Gasteiger partial charge is 0.495 e. The second kappa shape index (κ2) is 6.98. The highest BCUT2D eigenvalue weighted by atomic mass is 35.5. The third-order valence-corrected chi connectivity index (χ3v) is 3.37. The van der Waals surface area contributed by atoms with Crippen LogP contribution in [0.5, 0.6) is 5.75 Å². The second-order valence-electron chi connectivity index (χ2n) is 4.86. The summed E-state index contributed by atoms with van der Waals surface area (Å²) in [5, 5.41) is 13.5. The summed E-state index contributed by atoms with van der Waals surface area (Å²) in [7, 11) is 1.57. The van der Waals surface area contributed by atoms with E-state index in [1.165, 1.54) is 12.8 Å². The number of nitrogens with one attached hydrogen (secondary N) is 1. The molecule has 0 aliphatic heterocycles. The van der Waals surface area contributed by atoms with Crippen molar-refractivity contribution in [2.75, 3.05) is 32.2 Å². The van der Waals surface area contributed by atoms with Crippen molar-refractivity contribution in [1.29, 1.82) is 0 Å². The zero-order valence-electron chi connectivity index (χ0n) is 11.1. The van der Waals surface area contributed by atoms with Crippen molar-refractivity contribution in [3.05, 3.63) is 23.2 Å². The zero-order valence-corrected chi connectivity index (χ0v) is 11.8. The number of hydrogen-bond donors (Lipinski definition) is 2. The maximum atomic E-state index is 9.78. The molecule has 19 heavy (non-hydrogen) atoms. The number of anilines is 1. The van der Waals surface area contributed by atoms with E-state index in [2.05, 4.69) is 5.32 Å². The van der Waals surface area contributed by atoms with Gasteiger partial charge in [-0.05, 0) is 30.9 Å². The first-order valence-electron chi connectivity index (χ1n) is 6.52. The molecule has 1 aliphatic rings. The highest BCUT2D eigenvalue weighted by molar-refractivity contribution is 6.32. The Hall–Kier alpha value is -0.970. The van der Waals surface area contributed by atoms with Crippen molar-refractivity contribution in [3.8, 4) is 5.75 Å². The second-order valence-corrected chi connectivity index (χ2v) is 5.27. The van der Waals surface area contributed by atoms with Crippen LogP contribution in [0.2, 0.25) is 5.02 Å². The molecule has 1 fully saturated rings. The van der Waals surface area contributed by atoms with Crippen LogP contribution in [0.3, 0.4) is 0 Å². The Bertz CT molecular complexity index is 410. The quantitative estimate of drug-likeness (QED) is 0.771. The summed E-state index contributed by atoms with van der Waals surface area (Å²) in [5.74, 6) is 1.34. The molecule has 1 unspecified atom stereocenters. The van der Waals surface area contributed by atoms with Gasteiger partial charge in [0.1, 0.15) is 5.75 Å². The van der Waals surface area contributed by atoms with Crippen LogP contribution < -0.4 is 10.1 Å². The minimum Gasteiger partial charge on any atom is -0.495 e. The Morgan fingerprint density at radius 3 is 2.95 bits per heavy atom. The monoisotopic (exact) mass is 285 g/mol. The van der Waals surface area contributed by atoms with Gasteiger partial charge in [-0.3, -0.25) is 0 Å². The molecule has 0 amide bonds. The van der Waals surface area contributed by atoms with Crippen molar-refractivity contribution in [1.82, 2.24) is 0 Å². The highest BCUT2D eigenvalue weighted by Gasteiger charge is 2.21. The van der Waals surface area contributed by atoms with Crippen molar-refractivity contribution in [2.45, 2.75) is 18.9 Å². The maximum absolute atomic E-state index is 9.78.